The third-order valence-corrected chi connectivity index (χ3v) is 3.22. The highest BCUT2D eigenvalue weighted by molar-refractivity contribution is 7.43. The number of phosphoric ester groups is 1. The minimum atomic E-state index is -5.27. The van der Waals surface area contributed by atoms with Gasteiger partial charge in [0.1, 0.15) is 18.0 Å². The summed E-state index contributed by atoms with van der Waals surface area (Å²) in [5.74, 6) is -2.20. The fraction of sp³-hybridized carbons (Fsp3) is 0.417. The molecule has 0 aliphatic heterocycles. The lowest BCUT2D eigenvalue weighted by Gasteiger charge is -2.28. The monoisotopic (exact) mass is 347 g/mol. The van der Waals surface area contributed by atoms with E-state index in [2.05, 4.69) is 14.5 Å². The van der Waals surface area contributed by atoms with Crippen LogP contribution in [-0.4, -0.2) is 34.5 Å². The number of halogens is 1. The summed E-state index contributed by atoms with van der Waals surface area (Å²) in [4.78, 5) is 39.0. The summed E-state index contributed by atoms with van der Waals surface area (Å²) in [7, 11) is -5.27. The van der Waals surface area contributed by atoms with Gasteiger partial charge in [0.25, 0.3) is 0 Å². The van der Waals surface area contributed by atoms with Gasteiger partial charge < -0.3 is 33.9 Å². The molecule has 1 aromatic rings. The second-order valence-corrected chi connectivity index (χ2v) is 5.72. The van der Waals surface area contributed by atoms with Crippen LogP contribution in [0.15, 0.2) is 11.2 Å². The maximum atomic E-state index is 13.2. The number of aliphatic imine (C=N–C) groups is 1. The zero-order valence-corrected chi connectivity index (χ0v) is 13.0. The number of aromatic hydroxyl groups is 1. The number of nitrogens with zero attached hydrogens (tertiary/aromatic N) is 2. The van der Waals surface area contributed by atoms with E-state index in [1.54, 1.807) is 0 Å². The van der Waals surface area contributed by atoms with Crippen molar-refractivity contribution < 1.29 is 38.3 Å². The lowest BCUT2D eigenvalue weighted by atomic mass is 10.1. The molecular formula is C12H13FN2O7P-3. The van der Waals surface area contributed by atoms with E-state index in [0.29, 0.717) is 0 Å². The molecule has 0 aliphatic carbocycles. The number of aliphatic carboxylic acids is 1. The largest absolute Gasteiger partial charge is 0.790 e. The van der Waals surface area contributed by atoms with Gasteiger partial charge in [-0.15, -0.1) is 0 Å². The molecule has 0 saturated heterocycles. The van der Waals surface area contributed by atoms with Crippen LogP contribution in [0.3, 0.4) is 0 Å². The smallest absolute Gasteiger partial charge is 0.145 e. The molecule has 0 saturated carbocycles. The van der Waals surface area contributed by atoms with E-state index in [4.69, 9.17) is 0 Å². The van der Waals surface area contributed by atoms with Gasteiger partial charge in [-0.3, -0.25) is 9.98 Å². The third kappa shape index (κ3) is 5.68. The summed E-state index contributed by atoms with van der Waals surface area (Å²) in [6.45, 7) is 1.63. The Kier molecular flexibility index (Phi) is 6.34. The molecule has 1 rings (SSSR count). The average Bonchev–Trinajstić information content (AvgIpc) is 2.40. The number of aryl methyl sites for hydroxylation is 1. The Balaban J connectivity index is 3.19. The number of hydrogen-bond acceptors (Lipinski definition) is 9. The molecule has 128 valence electrons. The molecule has 1 N–H and O–H groups in total. The van der Waals surface area contributed by atoms with Crippen molar-refractivity contribution in [3.05, 3.63) is 23.0 Å². The standard InChI is InChI=1S/C12H16FN2O7P/c1-6(13)10(12(17)18)15-4-9-8(5-22-23(19,20)21)3-14-7(2)11(9)16/h3-4,6,10,16H,5H2,1-2H3,(H,17,18)(H2,19,20,21)/p-3. The molecule has 23 heavy (non-hydrogen) atoms. The lowest BCUT2D eigenvalue weighted by Crippen LogP contribution is -2.39. The number of carbonyl (C=O) groups excluding carboxylic acids is 1. The van der Waals surface area contributed by atoms with Gasteiger partial charge in [-0.1, -0.05) is 0 Å². The van der Waals surface area contributed by atoms with Crippen LogP contribution in [0, 0.1) is 6.92 Å². The first kappa shape index (κ1) is 19.2. The SMILES string of the molecule is Cc1ncc(COP(=O)([O-])[O-])c(C=NC(C(=O)[O-])C(C)F)c1O. The molecule has 11 heteroatoms. The number of aromatic nitrogens is 1. The van der Waals surface area contributed by atoms with Gasteiger partial charge in [-0.05, 0) is 13.8 Å². The summed E-state index contributed by atoms with van der Waals surface area (Å²) in [5, 5.41) is 20.7. The Labute approximate surface area is 130 Å². The van der Waals surface area contributed by atoms with Crippen LogP contribution in [0.1, 0.15) is 23.7 Å². The highest BCUT2D eigenvalue weighted by atomic mass is 31.2. The highest BCUT2D eigenvalue weighted by Gasteiger charge is 2.17. The van der Waals surface area contributed by atoms with E-state index in [-0.39, 0.29) is 16.8 Å². The van der Waals surface area contributed by atoms with Gasteiger partial charge >= 0.3 is 0 Å². The van der Waals surface area contributed by atoms with E-state index in [1.165, 1.54) is 6.92 Å². The van der Waals surface area contributed by atoms with Crippen molar-refractivity contribution in [2.45, 2.75) is 32.7 Å². The summed E-state index contributed by atoms with van der Waals surface area (Å²) in [5.41, 5.74) is -0.0637. The molecular weight excluding hydrogens is 334 g/mol. The molecule has 2 atom stereocenters. The number of hydrogen-bond donors (Lipinski definition) is 1. The molecule has 0 aliphatic rings. The number of carboxylic acids is 1. The molecule has 0 radical (unpaired) electrons. The first-order valence-corrected chi connectivity index (χ1v) is 7.71. The predicted molar refractivity (Wildman–Crippen MR) is 70.0 cm³/mol. The van der Waals surface area contributed by atoms with E-state index >= 15 is 0 Å². The maximum absolute atomic E-state index is 13.2. The fourth-order valence-electron chi connectivity index (χ4n) is 1.58. The van der Waals surface area contributed by atoms with Crippen molar-refractivity contribution in [3.63, 3.8) is 0 Å². The number of rotatable bonds is 7. The number of carbonyl (C=O) groups is 1. The topological polar surface area (TPSA) is 158 Å². The number of phosphoric acid groups is 1. The second kappa shape index (κ2) is 7.60. The fourth-order valence-corrected chi connectivity index (χ4v) is 1.88. The maximum Gasteiger partial charge on any atom is 0.145 e. The molecule has 1 aromatic heterocycles. The predicted octanol–water partition coefficient (Wildman–Crippen LogP) is -1.66. The zero-order chi connectivity index (χ0) is 17.8. The van der Waals surface area contributed by atoms with Gasteiger partial charge in [-0.25, -0.2) is 4.39 Å². The van der Waals surface area contributed by atoms with Crippen molar-refractivity contribution in [2.75, 3.05) is 0 Å². The Hall–Kier alpha value is -1.87. The van der Waals surface area contributed by atoms with E-state index < -0.39 is 38.4 Å². The molecule has 0 spiro atoms. The van der Waals surface area contributed by atoms with Crippen LogP contribution in [0.4, 0.5) is 4.39 Å². The van der Waals surface area contributed by atoms with Crippen LogP contribution < -0.4 is 14.9 Å². The van der Waals surface area contributed by atoms with Crippen molar-refractivity contribution in [1.29, 1.82) is 0 Å². The molecule has 2 unspecified atom stereocenters. The summed E-state index contributed by atoms with van der Waals surface area (Å²) in [6, 6.07) is -1.82. The minimum Gasteiger partial charge on any atom is -0.790 e. The molecule has 1 heterocycles. The summed E-state index contributed by atoms with van der Waals surface area (Å²) < 4.78 is 27.7. The van der Waals surface area contributed by atoms with Crippen LogP contribution >= 0.6 is 7.82 Å². The van der Waals surface area contributed by atoms with Gasteiger partial charge in [0.05, 0.1) is 26.1 Å². The molecule has 0 amide bonds. The number of alkyl halides is 1. The number of carboxylic acid groups (broad SMARTS) is 1. The van der Waals surface area contributed by atoms with Gasteiger partial charge in [0.2, 0.25) is 0 Å². The Morgan fingerprint density at radius 3 is 2.70 bits per heavy atom. The van der Waals surface area contributed by atoms with Crippen LogP contribution in [0.5, 0.6) is 5.75 Å². The minimum absolute atomic E-state index is 0.0487. The Morgan fingerprint density at radius 1 is 1.61 bits per heavy atom. The van der Waals surface area contributed by atoms with Crippen molar-refractivity contribution in [1.82, 2.24) is 4.98 Å². The van der Waals surface area contributed by atoms with Gasteiger partial charge in [0.15, 0.2) is 0 Å². The van der Waals surface area contributed by atoms with Gasteiger partial charge in [-0.2, -0.15) is 0 Å². The zero-order valence-electron chi connectivity index (χ0n) is 12.1. The van der Waals surface area contributed by atoms with Crippen molar-refractivity contribution in [3.8, 4) is 5.75 Å². The van der Waals surface area contributed by atoms with Crippen LogP contribution in [0.2, 0.25) is 0 Å². The first-order valence-electron chi connectivity index (χ1n) is 6.25. The highest BCUT2D eigenvalue weighted by Crippen LogP contribution is 2.29. The van der Waals surface area contributed by atoms with Crippen LogP contribution in [-0.2, 0) is 20.5 Å². The average molecular weight is 347 g/mol. The summed E-state index contributed by atoms with van der Waals surface area (Å²) >= 11 is 0. The molecule has 0 fully saturated rings. The third-order valence-electron chi connectivity index (χ3n) is 2.78. The lowest BCUT2D eigenvalue weighted by molar-refractivity contribution is -0.342. The Bertz CT molecular complexity index is 659. The summed E-state index contributed by atoms with van der Waals surface area (Å²) in [6.07, 6.45) is 0.0863. The van der Waals surface area contributed by atoms with Crippen molar-refractivity contribution in [2.24, 2.45) is 4.99 Å². The van der Waals surface area contributed by atoms with E-state index in [0.717, 1.165) is 19.3 Å². The quantitative estimate of drug-likeness (QED) is 0.453. The first-order chi connectivity index (χ1) is 10.5. The van der Waals surface area contributed by atoms with Gasteiger partial charge in [0, 0.05) is 23.5 Å². The second-order valence-electron chi connectivity index (χ2n) is 4.57. The van der Waals surface area contributed by atoms with Crippen molar-refractivity contribution >= 4 is 20.0 Å². The molecule has 9 nitrogen and oxygen atoms in total. The molecule has 0 bridgehead atoms. The normalized spacial score (nSPS) is 14.8. The number of pyridine rings is 1. The molecule has 0 aromatic carbocycles. The van der Waals surface area contributed by atoms with E-state index in [1.807, 2.05) is 0 Å². The van der Waals surface area contributed by atoms with Crippen LogP contribution in [0.25, 0.3) is 0 Å². The Morgan fingerprint density at radius 2 is 2.22 bits per heavy atom. The van der Waals surface area contributed by atoms with E-state index in [9.17, 15) is 33.7 Å².